The molecule has 1 saturated heterocycles. The summed E-state index contributed by atoms with van der Waals surface area (Å²) in [5, 5.41) is 0. The monoisotopic (exact) mass is 353 g/mol. The van der Waals surface area contributed by atoms with E-state index in [1.165, 1.54) is 5.56 Å². The van der Waals surface area contributed by atoms with Gasteiger partial charge >= 0.3 is 0 Å². The minimum absolute atomic E-state index is 0.0743. The molecule has 0 bridgehead atoms. The van der Waals surface area contributed by atoms with E-state index in [2.05, 4.69) is 27.0 Å². The molecule has 0 spiro atoms. The number of hydrogen-bond donors (Lipinski definition) is 1. The van der Waals surface area contributed by atoms with Crippen molar-refractivity contribution in [2.24, 2.45) is 11.7 Å². The van der Waals surface area contributed by atoms with Crippen LogP contribution in [0.4, 0.5) is 5.82 Å². The molecule has 2 heterocycles. The zero-order chi connectivity index (χ0) is 18.2. The summed E-state index contributed by atoms with van der Waals surface area (Å²) in [6.45, 7) is 3.52. The average molecular weight is 353 g/mol. The molecule has 0 unspecified atom stereocenters. The second-order valence-electron chi connectivity index (χ2n) is 6.67. The summed E-state index contributed by atoms with van der Waals surface area (Å²) in [4.78, 5) is 25.6. The predicted octanol–water partition coefficient (Wildman–Crippen LogP) is 1.72. The second-order valence-corrected chi connectivity index (χ2v) is 6.67. The first-order chi connectivity index (χ1) is 12.8. The Hall–Kier alpha value is -2.47. The molecule has 0 atom stereocenters. The van der Waals surface area contributed by atoms with Crippen molar-refractivity contribution in [3.8, 4) is 0 Å². The molecule has 2 N–H and O–H groups in total. The fourth-order valence-electron chi connectivity index (χ4n) is 3.47. The predicted molar refractivity (Wildman–Crippen MR) is 103 cm³/mol. The minimum Gasteiger partial charge on any atom is -0.355 e. The van der Waals surface area contributed by atoms with E-state index in [4.69, 9.17) is 5.73 Å². The molecule has 1 aromatic carbocycles. The Labute approximate surface area is 155 Å². The van der Waals surface area contributed by atoms with Gasteiger partial charge in [0, 0.05) is 51.0 Å². The van der Waals surface area contributed by atoms with E-state index in [0.717, 1.165) is 44.7 Å². The van der Waals surface area contributed by atoms with Crippen LogP contribution in [-0.4, -0.2) is 53.5 Å². The summed E-state index contributed by atoms with van der Waals surface area (Å²) in [7, 11) is 0. The molecule has 1 aliphatic heterocycles. The third-order valence-corrected chi connectivity index (χ3v) is 4.94. The molecule has 138 valence electrons. The summed E-state index contributed by atoms with van der Waals surface area (Å²) < 4.78 is 0. The highest BCUT2D eigenvalue weighted by Crippen LogP contribution is 2.23. The summed E-state index contributed by atoms with van der Waals surface area (Å²) in [5.41, 5.74) is 7.00. The van der Waals surface area contributed by atoms with Gasteiger partial charge in [-0.3, -0.25) is 9.78 Å². The Kier molecular flexibility index (Phi) is 6.55. The fourth-order valence-corrected chi connectivity index (χ4v) is 3.47. The van der Waals surface area contributed by atoms with Gasteiger partial charge in [0.2, 0.25) is 5.91 Å². The number of benzene rings is 1. The van der Waals surface area contributed by atoms with Crippen molar-refractivity contribution in [1.29, 1.82) is 0 Å². The SMILES string of the molecule is NCCN(CCc1ccccc1)C(=O)C1CCN(c2cnccn2)CC1. The van der Waals surface area contributed by atoms with Crippen LogP contribution in [0.3, 0.4) is 0 Å². The molecular formula is C20H27N5O. The third-order valence-electron chi connectivity index (χ3n) is 4.94. The number of carbonyl (C=O) groups excluding carboxylic acids is 1. The number of rotatable bonds is 7. The third kappa shape index (κ3) is 4.79. The van der Waals surface area contributed by atoms with Crippen LogP contribution in [0.5, 0.6) is 0 Å². The first-order valence-electron chi connectivity index (χ1n) is 9.31. The van der Waals surface area contributed by atoms with Crippen molar-refractivity contribution < 1.29 is 4.79 Å². The van der Waals surface area contributed by atoms with E-state index < -0.39 is 0 Å². The first-order valence-corrected chi connectivity index (χ1v) is 9.31. The van der Waals surface area contributed by atoms with Crippen molar-refractivity contribution in [3.05, 3.63) is 54.5 Å². The van der Waals surface area contributed by atoms with E-state index in [1.54, 1.807) is 18.6 Å². The van der Waals surface area contributed by atoms with Gasteiger partial charge in [0.15, 0.2) is 0 Å². The van der Waals surface area contributed by atoms with Gasteiger partial charge in [-0.1, -0.05) is 30.3 Å². The van der Waals surface area contributed by atoms with Gasteiger partial charge in [-0.05, 0) is 24.8 Å². The molecule has 0 saturated carbocycles. The molecule has 2 aromatic rings. The molecule has 26 heavy (non-hydrogen) atoms. The molecule has 1 aliphatic rings. The van der Waals surface area contributed by atoms with Gasteiger partial charge in [0.25, 0.3) is 0 Å². The number of piperidine rings is 1. The molecule has 1 fully saturated rings. The first kappa shape index (κ1) is 18.3. The Morgan fingerprint density at radius 3 is 2.58 bits per heavy atom. The lowest BCUT2D eigenvalue weighted by Crippen LogP contribution is -2.45. The lowest BCUT2D eigenvalue weighted by molar-refractivity contribution is -0.136. The van der Waals surface area contributed by atoms with Crippen LogP contribution in [0.1, 0.15) is 18.4 Å². The highest BCUT2D eigenvalue weighted by molar-refractivity contribution is 5.79. The van der Waals surface area contributed by atoms with Gasteiger partial charge in [-0.25, -0.2) is 4.98 Å². The Balaban J connectivity index is 1.54. The Bertz CT molecular complexity index is 671. The van der Waals surface area contributed by atoms with Crippen LogP contribution in [0.15, 0.2) is 48.9 Å². The van der Waals surface area contributed by atoms with Crippen LogP contribution in [0.2, 0.25) is 0 Å². The summed E-state index contributed by atoms with van der Waals surface area (Å²) in [6.07, 6.45) is 7.73. The Morgan fingerprint density at radius 2 is 1.92 bits per heavy atom. The van der Waals surface area contributed by atoms with Crippen molar-refractivity contribution in [2.45, 2.75) is 19.3 Å². The normalized spacial score (nSPS) is 15.0. The molecular weight excluding hydrogens is 326 g/mol. The zero-order valence-corrected chi connectivity index (χ0v) is 15.1. The van der Waals surface area contributed by atoms with Gasteiger partial charge in [0.05, 0.1) is 6.20 Å². The van der Waals surface area contributed by atoms with Crippen LogP contribution in [-0.2, 0) is 11.2 Å². The average Bonchev–Trinajstić information content (AvgIpc) is 2.72. The maximum atomic E-state index is 13.0. The van der Waals surface area contributed by atoms with E-state index in [0.29, 0.717) is 13.1 Å². The number of nitrogens with two attached hydrogens (primary N) is 1. The summed E-state index contributed by atoms with van der Waals surface area (Å²) >= 11 is 0. The number of nitrogens with zero attached hydrogens (tertiary/aromatic N) is 4. The maximum Gasteiger partial charge on any atom is 0.225 e. The van der Waals surface area contributed by atoms with Gasteiger partial charge in [-0.15, -0.1) is 0 Å². The summed E-state index contributed by atoms with van der Waals surface area (Å²) in [6, 6.07) is 10.3. The molecule has 0 radical (unpaired) electrons. The maximum absolute atomic E-state index is 13.0. The minimum atomic E-state index is 0.0743. The van der Waals surface area contributed by atoms with Crippen LogP contribution < -0.4 is 10.6 Å². The number of anilines is 1. The largest absolute Gasteiger partial charge is 0.355 e. The quantitative estimate of drug-likeness (QED) is 0.820. The van der Waals surface area contributed by atoms with Crippen molar-refractivity contribution in [2.75, 3.05) is 37.6 Å². The zero-order valence-electron chi connectivity index (χ0n) is 15.1. The van der Waals surface area contributed by atoms with Crippen molar-refractivity contribution in [1.82, 2.24) is 14.9 Å². The van der Waals surface area contributed by atoms with Crippen molar-refractivity contribution >= 4 is 11.7 Å². The highest BCUT2D eigenvalue weighted by Gasteiger charge is 2.28. The molecule has 1 aromatic heterocycles. The van der Waals surface area contributed by atoms with Crippen LogP contribution in [0.25, 0.3) is 0 Å². The number of amides is 1. The molecule has 0 aliphatic carbocycles. The van der Waals surface area contributed by atoms with Gasteiger partial charge in [0.1, 0.15) is 5.82 Å². The number of aromatic nitrogens is 2. The van der Waals surface area contributed by atoms with E-state index in [1.807, 2.05) is 23.1 Å². The van der Waals surface area contributed by atoms with E-state index >= 15 is 0 Å². The van der Waals surface area contributed by atoms with Gasteiger partial charge < -0.3 is 15.5 Å². The van der Waals surface area contributed by atoms with Crippen molar-refractivity contribution in [3.63, 3.8) is 0 Å². The second kappa shape index (κ2) is 9.29. The lowest BCUT2D eigenvalue weighted by atomic mass is 9.95. The van der Waals surface area contributed by atoms with E-state index in [-0.39, 0.29) is 11.8 Å². The highest BCUT2D eigenvalue weighted by atomic mass is 16.2. The Morgan fingerprint density at radius 1 is 1.15 bits per heavy atom. The van der Waals surface area contributed by atoms with E-state index in [9.17, 15) is 4.79 Å². The van der Waals surface area contributed by atoms with Crippen LogP contribution in [0, 0.1) is 5.92 Å². The van der Waals surface area contributed by atoms with Gasteiger partial charge in [-0.2, -0.15) is 0 Å². The number of carbonyl (C=O) groups is 1. The molecule has 1 amide bonds. The topological polar surface area (TPSA) is 75.3 Å². The van der Waals surface area contributed by atoms with Crippen LogP contribution >= 0.6 is 0 Å². The summed E-state index contributed by atoms with van der Waals surface area (Å²) in [5.74, 6) is 1.21. The standard InChI is InChI=1S/C20H27N5O/c21-9-15-25(12-6-17-4-2-1-3-5-17)20(26)18-7-13-24(14-8-18)19-16-22-10-11-23-19/h1-5,10-11,16,18H,6-9,12-15,21H2. The fraction of sp³-hybridized carbons (Fsp3) is 0.450. The number of hydrogen-bond acceptors (Lipinski definition) is 5. The molecule has 6 heteroatoms. The lowest BCUT2D eigenvalue weighted by Gasteiger charge is -2.34. The smallest absolute Gasteiger partial charge is 0.225 e. The molecule has 6 nitrogen and oxygen atoms in total. The molecule has 3 rings (SSSR count).